The topological polar surface area (TPSA) is 41.6 Å². The van der Waals surface area contributed by atoms with Gasteiger partial charge in [-0.1, -0.05) is 18.2 Å². The van der Waals surface area contributed by atoms with Gasteiger partial charge in [0.05, 0.1) is 17.8 Å². The van der Waals surface area contributed by atoms with Crippen LogP contribution in [0.15, 0.2) is 36.7 Å². The van der Waals surface area contributed by atoms with Crippen LogP contribution in [-0.2, 0) is 6.42 Å². The number of aromatic nitrogens is 2. The second kappa shape index (κ2) is 4.81. The summed E-state index contributed by atoms with van der Waals surface area (Å²) in [6.45, 7) is 0. The summed E-state index contributed by atoms with van der Waals surface area (Å²) in [5.74, 6) is 0. The molecule has 0 unspecified atom stereocenters. The molecule has 1 heterocycles. The van der Waals surface area contributed by atoms with Crippen LogP contribution in [0, 0.1) is 11.3 Å². The van der Waals surface area contributed by atoms with Gasteiger partial charge in [-0.25, -0.2) is 0 Å². The molecule has 0 bridgehead atoms. The molecule has 0 aliphatic rings. The van der Waals surface area contributed by atoms with Crippen molar-refractivity contribution >= 4 is 12.3 Å². The fourth-order valence-electron chi connectivity index (χ4n) is 1.47. The van der Waals surface area contributed by atoms with Crippen LogP contribution in [0.4, 0.5) is 3.89 Å². The lowest BCUT2D eigenvalue weighted by atomic mass is 10.0. The van der Waals surface area contributed by atoms with Crippen molar-refractivity contribution in [2.24, 2.45) is 0 Å². The first-order chi connectivity index (χ1) is 7.83. The average Bonchev–Trinajstić information content (AvgIpc) is 2.77. The molecule has 2 rings (SSSR count). The van der Waals surface area contributed by atoms with E-state index in [-0.39, 0.29) is 12.3 Å². The van der Waals surface area contributed by atoms with Crippen molar-refractivity contribution in [1.82, 2.24) is 9.19 Å². The first-order valence-corrected chi connectivity index (χ1v) is 5.31. The molecular formula is C11H8FN3S. The molecule has 0 N–H and O–H groups in total. The van der Waals surface area contributed by atoms with Gasteiger partial charge in [-0.2, -0.15) is 14.4 Å². The molecule has 0 amide bonds. The van der Waals surface area contributed by atoms with Crippen LogP contribution >= 0.6 is 12.3 Å². The van der Waals surface area contributed by atoms with E-state index in [1.165, 1.54) is 0 Å². The van der Waals surface area contributed by atoms with Gasteiger partial charge in [-0.05, 0) is 17.2 Å². The molecule has 16 heavy (non-hydrogen) atoms. The monoisotopic (exact) mass is 233 g/mol. The number of nitrogens with zero attached hydrogens (tertiary/aromatic N) is 3. The van der Waals surface area contributed by atoms with E-state index in [0.29, 0.717) is 12.0 Å². The third-order valence-corrected chi connectivity index (χ3v) is 2.56. The third kappa shape index (κ3) is 2.23. The van der Waals surface area contributed by atoms with E-state index < -0.39 is 0 Å². The number of rotatable bonds is 3. The van der Waals surface area contributed by atoms with E-state index in [9.17, 15) is 3.89 Å². The number of benzene rings is 1. The van der Waals surface area contributed by atoms with Crippen molar-refractivity contribution in [3.05, 3.63) is 53.3 Å². The average molecular weight is 233 g/mol. The van der Waals surface area contributed by atoms with Gasteiger partial charge < -0.3 is 0 Å². The Morgan fingerprint density at radius 2 is 2.25 bits per heavy atom. The molecule has 0 saturated carbocycles. The molecule has 1 aromatic carbocycles. The van der Waals surface area contributed by atoms with E-state index >= 15 is 0 Å². The minimum absolute atomic E-state index is 0.0507. The van der Waals surface area contributed by atoms with Gasteiger partial charge >= 0.3 is 0 Å². The predicted molar refractivity (Wildman–Crippen MR) is 60.3 cm³/mol. The summed E-state index contributed by atoms with van der Waals surface area (Å²) in [4.78, 5) is 0. The first-order valence-electron chi connectivity index (χ1n) is 4.64. The second-order valence-electron chi connectivity index (χ2n) is 3.27. The molecule has 1 aromatic heterocycles. The third-order valence-electron chi connectivity index (χ3n) is 2.22. The quantitative estimate of drug-likeness (QED) is 0.818. The van der Waals surface area contributed by atoms with Gasteiger partial charge in [-0.15, -0.1) is 3.89 Å². The summed E-state index contributed by atoms with van der Waals surface area (Å²) in [5, 5.41) is 12.7. The van der Waals surface area contributed by atoms with E-state index in [0.717, 1.165) is 15.2 Å². The zero-order chi connectivity index (χ0) is 11.4. The minimum Gasteiger partial charge on any atom is -0.192 e. The molecular weight excluding hydrogens is 225 g/mol. The van der Waals surface area contributed by atoms with Crippen molar-refractivity contribution in [1.29, 1.82) is 5.26 Å². The van der Waals surface area contributed by atoms with Crippen LogP contribution in [0.1, 0.15) is 16.7 Å². The van der Waals surface area contributed by atoms with Crippen LogP contribution in [0.5, 0.6) is 0 Å². The summed E-state index contributed by atoms with van der Waals surface area (Å²) in [5.41, 5.74) is 2.45. The number of halogens is 1. The Bertz CT molecular complexity index is 530. The smallest absolute Gasteiger partial charge is 0.187 e. The predicted octanol–water partition coefficient (Wildman–Crippen LogP) is 2.73. The standard InChI is InChI=1S/C11H8FN3S/c12-16-15-8-9(7-14-15)5-10-3-1-2-4-11(10)6-13/h1-4,7-8H,5H2. The van der Waals surface area contributed by atoms with E-state index in [4.69, 9.17) is 5.26 Å². The molecule has 0 fully saturated rings. The summed E-state index contributed by atoms with van der Waals surface area (Å²) < 4.78 is 13.3. The van der Waals surface area contributed by atoms with Crippen LogP contribution in [0.3, 0.4) is 0 Å². The number of nitriles is 1. The van der Waals surface area contributed by atoms with Gasteiger partial charge in [-0.3, -0.25) is 0 Å². The van der Waals surface area contributed by atoms with E-state index in [1.807, 2.05) is 18.2 Å². The van der Waals surface area contributed by atoms with E-state index in [1.54, 1.807) is 18.5 Å². The minimum atomic E-state index is 0.0507. The maximum absolute atomic E-state index is 12.2. The number of hydrogen-bond acceptors (Lipinski definition) is 3. The molecule has 5 heteroatoms. The second-order valence-corrected chi connectivity index (χ2v) is 3.78. The highest BCUT2D eigenvalue weighted by Gasteiger charge is 2.04. The van der Waals surface area contributed by atoms with Crippen molar-refractivity contribution in [2.45, 2.75) is 6.42 Å². The Labute approximate surface area is 96.9 Å². The highest BCUT2D eigenvalue weighted by Crippen LogP contribution is 2.15. The maximum atomic E-state index is 12.2. The summed E-state index contributed by atoms with van der Waals surface area (Å²) >= 11 is 0.0507. The molecule has 80 valence electrons. The summed E-state index contributed by atoms with van der Waals surface area (Å²) in [6, 6.07) is 9.49. The van der Waals surface area contributed by atoms with E-state index in [2.05, 4.69) is 11.2 Å². The largest absolute Gasteiger partial charge is 0.192 e. The molecule has 2 aromatic rings. The summed E-state index contributed by atoms with van der Waals surface area (Å²) in [7, 11) is 0. The Morgan fingerprint density at radius 1 is 1.44 bits per heavy atom. The van der Waals surface area contributed by atoms with Crippen molar-refractivity contribution in [3.63, 3.8) is 0 Å². The van der Waals surface area contributed by atoms with Crippen LogP contribution in [0.25, 0.3) is 0 Å². The fraction of sp³-hybridized carbons (Fsp3) is 0.0909. The zero-order valence-corrected chi connectivity index (χ0v) is 9.12. The van der Waals surface area contributed by atoms with Gasteiger partial charge in [0.15, 0.2) is 12.3 Å². The Morgan fingerprint density at radius 3 is 2.94 bits per heavy atom. The highest BCUT2D eigenvalue weighted by atomic mass is 32.2. The Balaban J connectivity index is 2.24. The lowest BCUT2D eigenvalue weighted by Crippen LogP contribution is -1.90. The molecule has 0 spiro atoms. The zero-order valence-electron chi connectivity index (χ0n) is 8.30. The van der Waals surface area contributed by atoms with Crippen molar-refractivity contribution < 1.29 is 3.89 Å². The molecule has 3 nitrogen and oxygen atoms in total. The normalized spacial score (nSPS) is 10.0. The summed E-state index contributed by atoms with van der Waals surface area (Å²) in [6.07, 6.45) is 3.80. The molecule has 0 radical (unpaired) electrons. The van der Waals surface area contributed by atoms with Gasteiger partial charge in [0.1, 0.15) is 0 Å². The van der Waals surface area contributed by atoms with Crippen LogP contribution in [-0.4, -0.2) is 9.19 Å². The number of hydrogen-bond donors (Lipinski definition) is 0. The van der Waals surface area contributed by atoms with Crippen LogP contribution in [0.2, 0.25) is 0 Å². The fourth-order valence-corrected chi connectivity index (χ4v) is 1.73. The van der Waals surface area contributed by atoms with Gasteiger partial charge in [0.2, 0.25) is 0 Å². The Hall–Kier alpha value is -1.80. The maximum Gasteiger partial charge on any atom is 0.187 e. The van der Waals surface area contributed by atoms with Crippen molar-refractivity contribution in [2.75, 3.05) is 0 Å². The lowest BCUT2D eigenvalue weighted by molar-refractivity contribution is 0.878. The van der Waals surface area contributed by atoms with Crippen molar-refractivity contribution in [3.8, 4) is 6.07 Å². The molecule has 0 saturated heterocycles. The Kier molecular flexibility index (Phi) is 3.22. The SMILES string of the molecule is N#Cc1ccccc1Cc1cnn(SF)c1. The molecule has 0 aliphatic heterocycles. The van der Waals surface area contributed by atoms with Gasteiger partial charge in [0, 0.05) is 12.6 Å². The lowest BCUT2D eigenvalue weighted by Gasteiger charge is -2.00. The first kappa shape index (κ1) is 10.7. The van der Waals surface area contributed by atoms with Crippen LogP contribution < -0.4 is 0 Å². The van der Waals surface area contributed by atoms with Gasteiger partial charge in [0.25, 0.3) is 0 Å². The highest BCUT2D eigenvalue weighted by molar-refractivity contribution is 7.92. The molecule has 0 aliphatic carbocycles. The molecule has 0 atom stereocenters.